The molecule has 7 nitrogen and oxygen atoms in total. The zero-order valence-corrected chi connectivity index (χ0v) is 14.6. The highest BCUT2D eigenvalue weighted by atomic mass is 16.5. The van der Waals surface area contributed by atoms with Gasteiger partial charge in [-0.25, -0.2) is 9.97 Å². The summed E-state index contributed by atoms with van der Waals surface area (Å²) in [6.07, 6.45) is -0.0256. The smallest absolute Gasteiger partial charge is 0.246 e. The molecule has 0 spiro atoms. The van der Waals surface area contributed by atoms with Crippen molar-refractivity contribution in [3.05, 3.63) is 47.4 Å². The van der Waals surface area contributed by atoms with E-state index in [1.807, 2.05) is 45.0 Å². The first-order valence-corrected chi connectivity index (χ1v) is 8.50. The second kappa shape index (κ2) is 6.50. The molecule has 1 aliphatic heterocycles. The Morgan fingerprint density at radius 3 is 2.60 bits per heavy atom. The minimum absolute atomic E-state index is 0.0256. The summed E-state index contributed by atoms with van der Waals surface area (Å²) in [5.74, 6) is 1.23. The van der Waals surface area contributed by atoms with Gasteiger partial charge in [-0.2, -0.15) is 4.98 Å². The molecule has 4 rings (SSSR count). The summed E-state index contributed by atoms with van der Waals surface area (Å²) in [5, 5.41) is 3.93. The van der Waals surface area contributed by atoms with Crippen LogP contribution in [0.1, 0.15) is 36.1 Å². The van der Waals surface area contributed by atoms with Crippen molar-refractivity contribution in [3.8, 4) is 0 Å². The van der Waals surface area contributed by atoms with E-state index in [0.717, 1.165) is 29.0 Å². The summed E-state index contributed by atoms with van der Waals surface area (Å²) in [7, 11) is 0. The zero-order chi connectivity index (χ0) is 17.4. The lowest BCUT2D eigenvalue weighted by Crippen LogP contribution is -2.44. The number of aromatic nitrogens is 4. The number of nitrogens with zero attached hydrogens (tertiary/aromatic N) is 5. The molecule has 130 valence electrons. The molecule has 0 amide bonds. The fourth-order valence-corrected chi connectivity index (χ4v) is 3.32. The first kappa shape index (κ1) is 16.1. The lowest BCUT2D eigenvalue weighted by atomic mass is 10.1. The Kier molecular flexibility index (Phi) is 4.19. The Balaban J connectivity index is 1.67. The Morgan fingerprint density at radius 2 is 1.88 bits per heavy atom. The van der Waals surface area contributed by atoms with Crippen molar-refractivity contribution >= 4 is 11.0 Å². The van der Waals surface area contributed by atoms with Crippen molar-refractivity contribution in [2.45, 2.75) is 39.5 Å². The molecule has 0 bridgehead atoms. The highest BCUT2D eigenvalue weighted by Gasteiger charge is 2.35. The molecule has 2 aromatic heterocycles. The quantitative estimate of drug-likeness (QED) is 0.726. The van der Waals surface area contributed by atoms with E-state index in [4.69, 9.17) is 19.2 Å². The molecule has 25 heavy (non-hydrogen) atoms. The van der Waals surface area contributed by atoms with E-state index >= 15 is 0 Å². The number of ether oxygens (including phenoxy) is 1. The summed E-state index contributed by atoms with van der Waals surface area (Å²) in [6.45, 7) is 7.99. The molecular weight excluding hydrogens is 318 g/mol. The van der Waals surface area contributed by atoms with Gasteiger partial charge >= 0.3 is 0 Å². The molecule has 2 atom stereocenters. The van der Waals surface area contributed by atoms with Crippen LogP contribution in [0.2, 0.25) is 0 Å². The van der Waals surface area contributed by atoms with Gasteiger partial charge in [-0.1, -0.05) is 17.3 Å². The highest BCUT2D eigenvalue weighted by molar-refractivity contribution is 5.74. The van der Waals surface area contributed by atoms with E-state index in [9.17, 15) is 0 Å². The number of benzene rings is 1. The van der Waals surface area contributed by atoms with Gasteiger partial charge in [-0.3, -0.25) is 4.90 Å². The molecule has 0 radical (unpaired) electrons. The molecule has 0 N–H and O–H groups in total. The van der Waals surface area contributed by atoms with Gasteiger partial charge < -0.3 is 9.26 Å². The average Bonchev–Trinajstić information content (AvgIpc) is 3.01. The van der Waals surface area contributed by atoms with Gasteiger partial charge in [0.15, 0.2) is 5.82 Å². The van der Waals surface area contributed by atoms with Gasteiger partial charge in [0.05, 0.1) is 35.1 Å². The third kappa shape index (κ3) is 3.12. The number of hydrogen-bond acceptors (Lipinski definition) is 7. The van der Waals surface area contributed by atoms with Crippen molar-refractivity contribution in [2.24, 2.45) is 0 Å². The average molecular weight is 339 g/mol. The van der Waals surface area contributed by atoms with Crippen molar-refractivity contribution in [1.29, 1.82) is 0 Å². The van der Waals surface area contributed by atoms with Crippen LogP contribution in [0.4, 0.5) is 0 Å². The van der Waals surface area contributed by atoms with Crippen LogP contribution in [-0.2, 0) is 11.3 Å². The summed E-state index contributed by atoms with van der Waals surface area (Å²) >= 11 is 0. The fraction of sp³-hybridized carbons (Fsp3) is 0.444. The molecule has 7 heteroatoms. The first-order valence-electron chi connectivity index (χ1n) is 8.50. The van der Waals surface area contributed by atoms with Crippen LogP contribution < -0.4 is 0 Å². The van der Waals surface area contributed by atoms with Crippen LogP contribution in [0, 0.1) is 13.8 Å². The second-order valence-corrected chi connectivity index (χ2v) is 6.42. The Hall–Kier alpha value is -2.38. The van der Waals surface area contributed by atoms with Crippen molar-refractivity contribution in [3.63, 3.8) is 0 Å². The first-order chi connectivity index (χ1) is 12.1. The Bertz CT molecular complexity index is 894. The van der Waals surface area contributed by atoms with E-state index in [2.05, 4.69) is 15.0 Å². The maximum absolute atomic E-state index is 5.82. The van der Waals surface area contributed by atoms with E-state index in [1.165, 1.54) is 0 Å². The fourth-order valence-electron chi connectivity index (χ4n) is 3.32. The van der Waals surface area contributed by atoms with E-state index in [-0.39, 0.29) is 12.1 Å². The van der Waals surface area contributed by atoms with Crippen LogP contribution >= 0.6 is 0 Å². The topological polar surface area (TPSA) is 77.2 Å². The molecule has 0 aliphatic carbocycles. The zero-order valence-electron chi connectivity index (χ0n) is 14.6. The SMILES string of the molecule is Cc1noc([C@@H]2[C@@H](C)OCCN2Cc2nc3ccccc3nc2C)n1. The lowest BCUT2D eigenvalue weighted by molar-refractivity contribution is -0.0767. The number of para-hydroxylation sites is 2. The summed E-state index contributed by atoms with van der Waals surface area (Å²) in [6, 6.07) is 7.86. The van der Waals surface area contributed by atoms with Gasteiger partial charge in [0.1, 0.15) is 6.04 Å². The van der Waals surface area contributed by atoms with Gasteiger partial charge in [0, 0.05) is 13.1 Å². The number of rotatable bonds is 3. The predicted octanol–water partition coefficient (Wildman–Crippen LogP) is 2.59. The molecule has 3 heterocycles. The van der Waals surface area contributed by atoms with Crippen LogP contribution in [0.3, 0.4) is 0 Å². The molecular formula is C18H21N5O2. The highest BCUT2D eigenvalue weighted by Crippen LogP contribution is 2.30. The standard InChI is InChI=1S/C18H21N5O2/c1-11-16(21-15-7-5-4-6-14(15)19-11)10-23-8-9-24-12(2)17(23)18-20-13(3)22-25-18/h4-7,12,17H,8-10H2,1-3H3/t12-,17+/m1/s1. The minimum Gasteiger partial charge on any atom is -0.375 e. The van der Waals surface area contributed by atoms with E-state index < -0.39 is 0 Å². The monoisotopic (exact) mass is 339 g/mol. The molecule has 1 saturated heterocycles. The predicted molar refractivity (Wildman–Crippen MR) is 91.9 cm³/mol. The summed E-state index contributed by atoms with van der Waals surface area (Å²) < 4.78 is 11.2. The molecule has 3 aromatic rings. The number of fused-ring (bicyclic) bond motifs is 1. The Morgan fingerprint density at radius 1 is 1.12 bits per heavy atom. The third-order valence-electron chi connectivity index (χ3n) is 4.59. The van der Waals surface area contributed by atoms with Crippen molar-refractivity contribution in [2.75, 3.05) is 13.2 Å². The number of hydrogen-bond donors (Lipinski definition) is 0. The van der Waals surface area contributed by atoms with Crippen molar-refractivity contribution in [1.82, 2.24) is 25.0 Å². The van der Waals surface area contributed by atoms with Crippen LogP contribution in [0.5, 0.6) is 0 Å². The van der Waals surface area contributed by atoms with Gasteiger partial charge in [-0.15, -0.1) is 0 Å². The lowest BCUT2D eigenvalue weighted by Gasteiger charge is -2.37. The molecule has 0 unspecified atom stereocenters. The van der Waals surface area contributed by atoms with E-state index in [1.54, 1.807) is 0 Å². The number of morpholine rings is 1. The Labute approximate surface area is 146 Å². The normalized spacial score (nSPS) is 21.7. The number of aryl methyl sites for hydroxylation is 2. The van der Waals surface area contributed by atoms with Crippen LogP contribution in [0.25, 0.3) is 11.0 Å². The maximum atomic E-state index is 5.82. The summed E-state index contributed by atoms with van der Waals surface area (Å²) in [4.78, 5) is 16.2. The van der Waals surface area contributed by atoms with Crippen LogP contribution in [0.15, 0.2) is 28.8 Å². The van der Waals surface area contributed by atoms with Gasteiger partial charge in [0.25, 0.3) is 0 Å². The van der Waals surface area contributed by atoms with Crippen molar-refractivity contribution < 1.29 is 9.26 Å². The van der Waals surface area contributed by atoms with E-state index in [0.29, 0.717) is 24.9 Å². The second-order valence-electron chi connectivity index (χ2n) is 6.42. The molecule has 1 aromatic carbocycles. The largest absolute Gasteiger partial charge is 0.375 e. The maximum Gasteiger partial charge on any atom is 0.246 e. The van der Waals surface area contributed by atoms with Gasteiger partial charge in [-0.05, 0) is 32.9 Å². The molecule has 0 saturated carbocycles. The van der Waals surface area contributed by atoms with Gasteiger partial charge in [0.2, 0.25) is 5.89 Å². The minimum atomic E-state index is -0.0809. The molecule has 1 fully saturated rings. The third-order valence-corrected chi connectivity index (χ3v) is 4.59. The molecule has 1 aliphatic rings. The van der Waals surface area contributed by atoms with Crippen LogP contribution in [-0.4, -0.2) is 44.3 Å². The summed E-state index contributed by atoms with van der Waals surface area (Å²) in [5.41, 5.74) is 3.74.